The molecular formula is C19H17N3O5S2. The zero-order valence-electron chi connectivity index (χ0n) is 15.3. The van der Waals surface area contributed by atoms with Crippen LogP contribution in [0.15, 0.2) is 69.9 Å². The number of aromatic nitrogens is 1. The van der Waals surface area contributed by atoms with Crippen LogP contribution in [0.3, 0.4) is 0 Å². The predicted molar refractivity (Wildman–Crippen MR) is 109 cm³/mol. The number of carbonyl (C=O) groups is 1. The van der Waals surface area contributed by atoms with Crippen molar-refractivity contribution in [1.82, 2.24) is 4.98 Å². The Labute approximate surface area is 171 Å². The summed E-state index contributed by atoms with van der Waals surface area (Å²) in [6.45, 7) is 1.89. The molecule has 0 saturated carbocycles. The molecule has 29 heavy (non-hydrogen) atoms. The van der Waals surface area contributed by atoms with E-state index in [0.29, 0.717) is 6.42 Å². The van der Waals surface area contributed by atoms with Gasteiger partial charge in [0.15, 0.2) is 5.13 Å². The highest BCUT2D eigenvalue weighted by molar-refractivity contribution is 7.93. The van der Waals surface area contributed by atoms with Gasteiger partial charge in [-0.15, -0.1) is 0 Å². The van der Waals surface area contributed by atoms with Gasteiger partial charge in [0.05, 0.1) is 21.9 Å². The molecule has 0 aliphatic carbocycles. The summed E-state index contributed by atoms with van der Waals surface area (Å²) in [5.41, 5.74) is 0.663. The van der Waals surface area contributed by atoms with Gasteiger partial charge in [-0.25, -0.2) is 13.4 Å². The fourth-order valence-electron chi connectivity index (χ4n) is 2.75. The summed E-state index contributed by atoms with van der Waals surface area (Å²) in [7, 11) is -3.89. The normalized spacial score (nSPS) is 12.3. The first-order valence-electron chi connectivity index (χ1n) is 8.64. The molecule has 150 valence electrons. The third-order valence-corrected chi connectivity index (χ3v) is 7.41. The Kier molecular flexibility index (Phi) is 6.04. The molecule has 2 aromatic carbocycles. The lowest BCUT2D eigenvalue weighted by Gasteiger charge is -2.13. The second-order valence-corrected chi connectivity index (χ2v) is 9.31. The number of rotatable bonds is 7. The molecule has 0 aliphatic rings. The summed E-state index contributed by atoms with van der Waals surface area (Å²) in [4.78, 5) is 26.7. The average molecular weight is 431 g/mol. The van der Waals surface area contributed by atoms with Crippen molar-refractivity contribution in [1.29, 1.82) is 0 Å². The van der Waals surface area contributed by atoms with E-state index in [1.165, 1.54) is 18.3 Å². The molecule has 1 amide bonds. The monoisotopic (exact) mass is 431 g/mol. The highest BCUT2D eigenvalue weighted by atomic mass is 32.2. The van der Waals surface area contributed by atoms with E-state index >= 15 is 0 Å². The Morgan fingerprint density at radius 1 is 1.17 bits per heavy atom. The van der Waals surface area contributed by atoms with Crippen LogP contribution in [0.5, 0.6) is 0 Å². The second-order valence-electron chi connectivity index (χ2n) is 6.10. The summed E-state index contributed by atoms with van der Waals surface area (Å²) in [6.07, 6.45) is 1.75. The van der Waals surface area contributed by atoms with Crippen molar-refractivity contribution in [2.45, 2.75) is 28.4 Å². The molecule has 8 nitrogen and oxygen atoms in total. The van der Waals surface area contributed by atoms with Crippen LogP contribution in [0, 0.1) is 10.1 Å². The Bertz CT molecular complexity index is 1130. The molecule has 0 bridgehead atoms. The van der Waals surface area contributed by atoms with Crippen molar-refractivity contribution in [2.24, 2.45) is 0 Å². The molecule has 0 spiro atoms. The summed E-state index contributed by atoms with van der Waals surface area (Å²) >= 11 is 0.832. The standard InChI is InChI=1S/C19H17N3O5S2/c1-2-16(13-6-4-3-5-7-13)18(23)21-19-20-12-17(28-19)29(26,27)15-10-8-14(9-11-15)22(24)25/h3-12,16H,2H2,1H3,(H,20,21,23)/t16-/m0/s1. The van der Waals surface area contributed by atoms with Gasteiger partial charge >= 0.3 is 0 Å². The van der Waals surface area contributed by atoms with Gasteiger partial charge in [0.1, 0.15) is 4.21 Å². The zero-order chi connectivity index (χ0) is 21.0. The molecule has 0 fully saturated rings. The molecule has 0 unspecified atom stereocenters. The van der Waals surface area contributed by atoms with E-state index in [1.54, 1.807) is 0 Å². The lowest BCUT2D eigenvalue weighted by atomic mass is 9.96. The van der Waals surface area contributed by atoms with Crippen molar-refractivity contribution >= 4 is 37.9 Å². The SMILES string of the molecule is CC[C@H](C(=O)Nc1ncc(S(=O)(=O)c2ccc([N+](=O)[O-])cc2)s1)c1ccccc1. The van der Waals surface area contributed by atoms with Crippen molar-refractivity contribution in [3.05, 3.63) is 76.5 Å². The molecule has 3 aromatic rings. The van der Waals surface area contributed by atoms with Gasteiger partial charge in [-0.2, -0.15) is 0 Å². The Morgan fingerprint density at radius 2 is 1.83 bits per heavy atom. The minimum atomic E-state index is -3.89. The van der Waals surface area contributed by atoms with E-state index in [1.807, 2.05) is 37.3 Å². The van der Waals surface area contributed by atoms with Gasteiger partial charge in [-0.1, -0.05) is 48.6 Å². The quantitative estimate of drug-likeness (QED) is 0.446. The van der Waals surface area contributed by atoms with E-state index in [9.17, 15) is 23.3 Å². The smallest absolute Gasteiger partial charge is 0.269 e. The van der Waals surface area contributed by atoms with E-state index < -0.39 is 14.8 Å². The van der Waals surface area contributed by atoms with E-state index in [2.05, 4.69) is 10.3 Å². The maximum Gasteiger partial charge on any atom is 0.269 e. The first-order valence-corrected chi connectivity index (χ1v) is 10.9. The molecular weight excluding hydrogens is 414 g/mol. The van der Waals surface area contributed by atoms with E-state index in [-0.39, 0.29) is 31.7 Å². The number of thiazole rings is 1. The highest BCUT2D eigenvalue weighted by Crippen LogP contribution is 2.30. The number of non-ortho nitro benzene ring substituents is 1. The second kappa shape index (κ2) is 8.50. The number of nitrogens with one attached hydrogen (secondary N) is 1. The Balaban J connectivity index is 1.79. The average Bonchev–Trinajstić information content (AvgIpc) is 3.19. The molecule has 0 saturated heterocycles. The van der Waals surface area contributed by atoms with Crippen LogP contribution in [0.4, 0.5) is 10.8 Å². The van der Waals surface area contributed by atoms with Crippen LogP contribution < -0.4 is 5.32 Å². The number of carbonyl (C=O) groups excluding carboxylic acids is 1. The minimum absolute atomic E-state index is 0.0607. The van der Waals surface area contributed by atoms with Gasteiger partial charge in [-0.05, 0) is 24.1 Å². The van der Waals surface area contributed by atoms with Gasteiger partial charge in [0.25, 0.3) is 5.69 Å². The summed E-state index contributed by atoms with van der Waals surface area (Å²) in [5, 5.41) is 13.6. The number of amides is 1. The maximum absolute atomic E-state index is 12.7. The van der Waals surface area contributed by atoms with Crippen LogP contribution >= 0.6 is 11.3 Å². The van der Waals surface area contributed by atoms with Crippen LogP contribution in [-0.2, 0) is 14.6 Å². The number of anilines is 1. The summed E-state index contributed by atoms with van der Waals surface area (Å²) in [5.74, 6) is -0.651. The Hall–Kier alpha value is -3.11. The number of hydrogen-bond donors (Lipinski definition) is 1. The molecule has 10 heteroatoms. The largest absolute Gasteiger partial charge is 0.301 e. The van der Waals surface area contributed by atoms with Crippen molar-refractivity contribution in [2.75, 3.05) is 5.32 Å². The number of nitro groups is 1. The van der Waals surface area contributed by atoms with Crippen molar-refractivity contribution < 1.29 is 18.1 Å². The molecule has 0 radical (unpaired) electrons. The molecule has 3 rings (SSSR count). The fraction of sp³-hybridized carbons (Fsp3) is 0.158. The molecule has 1 aromatic heterocycles. The lowest BCUT2D eigenvalue weighted by Crippen LogP contribution is -2.20. The third kappa shape index (κ3) is 4.49. The fourth-order valence-corrected chi connectivity index (χ4v) is 5.19. The van der Waals surface area contributed by atoms with Crippen LogP contribution in [0.25, 0.3) is 0 Å². The Morgan fingerprint density at radius 3 is 2.41 bits per heavy atom. The first-order chi connectivity index (χ1) is 13.8. The van der Waals surface area contributed by atoms with Gasteiger partial charge in [0, 0.05) is 12.1 Å². The van der Waals surface area contributed by atoms with Gasteiger partial charge < -0.3 is 5.32 Å². The van der Waals surface area contributed by atoms with Gasteiger partial charge in [-0.3, -0.25) is 14.9 Å². The topological polar surface area (TPSA) is 119 Å². The first kappa shape index (κ1) is 20.6. The number of hydrogen-bond acceptors (Lipinski definition) is 7. The predicted octanol–water partition coefficient (Wildman–Crippen LogP) is 4.02. The minimum Gasteiger partial charge on any atom is -0.301 e. The van der Waals surface area contributed by atoms with Crippen LogP contribution in [0.1, 0.15) is 24.8 Å². The van der Waals surface area contributed by atoms with E-state index in [4.69, 9.17) is 0 Å². The van der Waals surface area contributed by atoms with Crippen LogP contribution in [0.2, 0.25) is 0 Å². The zero-order valence-corrected chi connectivity index (χ0v) is 16.9. The number of benzene rings is 2. The third-order valence-electron chi connectivity index (χ3n) is 4.26. The molecule has 0 aliphatic heterocycles. The van der Waals surface area contributed by atoms with Gasteiger partial charge in [0.2, 0.25) is 15.7 Å². The van der Waals surface area contributed by atoms with Crippen LogP contribution in [-0.4, -0.2) is 24.2 Å². The van der Waals surface area contributed by atoms with Crippen molar-refractivity contribution in [3.63, 3.8) is 0 Å². The number of nitrogens with zero attached hydrogens (tertiary/aromatic N) is 2. The van der Waals surface area contributed by atoms with Crippen molar-refractivity contribution in [3.8, 4) is 0 Å². The highest BCUT2D eigenvalue weighted by Gasteiger charge is 2.24. The van der Waals surface area contributed by atoms with E-state index in [0.717, 1.165) is 29.0 Å². The molecule has 1 heterocycles. The lowest BCUT2D eigenvalue weighted by molar-refractivity contribution is -0.384. The summed E-state index contributed by atoms with van der Waals surface area (Å²) < 4.78 is 25.4. The molecule has 1 atom stereocenters. The molecule has 1 N–H and O–H groups in total. The number of nitro benzene ring substituents is 1. The maximum atomic E-state index is 12.7. The number of sulfone groups is 1. The summed E-state index contributed by atoms with van der Waals surface area (Å²) in [6, 6.07) is 13.9.